The Morgan fingerprint density at radius 2 is 0.980 bits per heavy atom. The van der Waals surface area contributed by atoms with E-state index in [4.69, 9.17) is 9.47 Å². The molecule has 0 aliphatic heterocycles. The summed E-state index contributed by atoms with van der Waals surface area (Å²) in [7, 11) is 0. The Bertz CT molecular complexity index is 1710. The van der Waals surface area contributed by atoms with E-state index in [2.05, 4.69) is 62.3 Å². The molecule has 7 heteroatoms. The number of hydrogen-bond acceptors (Lipinski definition) is 7. The minimum absolute atomic E-state index is 0.0147. The first-order valence-corrected chi connectivity index (χ1v) is 18.2. The van der Waals surface area contributed by atoms with E-state index in [-0.39, 0.29) is 28.6 Å². The first-order chi connectivity index (χ1) is 22.5. The van der Waals surface area contributed by atoms with Crippen LogP contribution in [0.15, 0.2) is 35.2 Å². The molecule has 274 valence electrons. The van der Waals surface area contributed by atoms with E-state index in [9.17, 15) is 19.2 Å². The summed E-state index contributed by atoms with van der Waals surface area (Å²) in [5.74, 6) is -0.355. The summed E-state index contributed by atoms with van der Waals surface area (Å²) in [5.41, 5.74) is 5.33. The number of carbonyl (C=O) groups excluding carboxylic acids is 2. The van der Waals surface area contributed by atoms with Crippen molar-refractivity contribution in [1.29, 1.82) is 0 Å². The summed E-state index contributed by atoms with van der Waals surface area (Å²) in [6.45, 7) is 34.5. The van der Waals surface area contributed by atoms with Crippen LogP contribution < -0.4 is 4.74 Å². The van der Waals surface area contributed by atoms with Gasteiger partial charge in [-0.2, -0.15) is 0 Å². The summed E-state index contributed by atoms with van der Waals surface area (Å²) < 4.78 is 22.6. The van der Waals surface area contributed by atoms with Crippen LogP contribution in [-0.2, 0) is 38.4 Å². The second-order valence-corrected chi connectivity index (χ2v) is 19.4. The standard InChI is InChI=1S/C43H60O6S/c1-24-18-31(41(9,10)11)35(49-38(46)27-19-29(39(3,4)5)34(44)30(20-27)40(6,7)8)25(2)28(24)23-48-37(45)26-21-32(42(12,13)14)36(50-47)33(22-26)43(15,16)17/h18-22,44,47H,23H2,1-17H3. The number of hydrogen-bond donors (Lipinski definition) is 2. The van der Waals surface area contributed by atoms with Gasteiger partial charge in [0.05, 0.1) is 11.1 Å². The normalized spacial score (nSPS) is 13.0. The van der Waals surface area contributed by atoms with Gasteiger partial charge in [-0.25, -0.2) is 9.59 Å². The summed E-state index contributed by atoms with van der Waals surface area (Å²) in [6.07, 6.45) is 0. The zero-order valence-electron chi connectivity index (χ0n) is 33.5. The van der Waals surface area contributed by atoms with Crippen molar-refractivity contribution in [1.82, 2.24) is 0 Å². The van der Waals surface area contributed by atoms with Gasteiger partial charge in [0.15, 0.2) is 0 Å². The molecule has 0 aromatic heterocycles. The first kappa shape index (κ1) is 41.1. The van der Waals surface area contributed by atoms with Gasteiger partial charge in [0.25, 0.3) is 0 Å². The molecule has 0 unspecified atom stereocenters. The van der Waals surface area contributed by atoms with E-state index < -0.39 is 22.8 Å². The smallest absolute Gasteiger partial charge is 0.343 e. The molecule has 0 aliphatic carbocycles. The molecule has 0 spiro atoms. The van der Waals surface area contributed by atoms with Crippen LogP contribution in [0.25, 0.3) is 0 Å². The fourth-order valence-electron chi connectivity index (χ4n) is 6.14. The van der Waals surface area contributed by atoms with E-state index in [1.807, 2.05) is 73.6 Å². The van der Waals surface area contributed by atoms with Gasteiger partial charge in [0.2, 0.25) is 0 Å². The monoisotopic (exact) mass is 704 g/mol. The molecule has 0 heterocycles. The number of ether oxygens (including phenoxy) is 2. The van der Waals surface area contributed by atoms with Crippen LogP contribution in [0.5, 0.6) is 11.5 Å². The molecule has 6 nitrogen and oxygen atoms in total. The Balaban J connectivity index is 2.12. The zero-order valence-corrected chi connectivity index (χ0v) is 34.3. The van der Waals surface area contributed by atoms with Crippen LogP contribution in [-0.4, -0.2) is 21.6 Å². The van der Waals surface area contributed by atoms with Crippen molar-refractivity contribution in [2.24, 2.45) is 0 Å². The lowest BCUT2D eigenvalue weighted by Gasteiger charge is -2.29. The van der Waals surface area contributed by atoms with Crippen LogP contribution in [0.4, 0.5) is 0 Å². The van der Waals surface area contributed by atoms with Crippen molar-refractivity contribution >= 4 is 24.0 Å². The third-order valence-electron chi connectivity index (χ3n) is 9.22. The van der Waals surface area contributed by atoms with Gasteiger partial charge in [-0.05, 0) is 93.0 Å². The molecule has 0 fully saturated rings. The van der Waals surface area contributed by atoms with Gasteiger partial charge < -0.3 is 19.1 Å². The van der Waals surface area contributed by atoms with Crippen LogP contribution in [0.2, 0.25) is 0 Å². The van der Waals surface area contributed by atoms with E-state index in [1.165, 1.54) is 0 Å². The Kier molecular flexibility index (Phi) is 11.5. The first-order valence-electron chi connectivity index (χ1n) is 17.4. The molecule has 50 heavy (non-hydrogen) atoms. The number of phenols is 1. The topological polar surface area (TPSA) is 93.1 Å². The molecule has 3 aromatic carbocycles. The maximum absolute atomic E-state index is 14.0. The largest absolute Gasteiger partial charge is 0.507 e. The highest BCUT2D eigenvalue weighted by Crippen LogP contribution is 2.43. The Morgan fingerprint density at radius 3 is 1.36 bits per heavy atom. The Hall–Kier alpha value is -3.29. The summed E-state index contributed by atoms with van der Waals surface area (Å²) in [6, 6.07) is 9.12. The van der Waals surface area contributed by atoms with Gasteiger partial charge in [-0.1, -0.05) is 110 Å². The molecule has 3 rings (SSSR count). The van der Waals surface area contributed by atoms with Crippen molar-refractivity contribution in [3.05, 3.63) is 86.0 Å². The highest BCUT2D eigenvalue weighted by Gasteiger charge is 2.32. The Labute approximate surface area is 305 Å². The zero-order chi connectivity index (χ0) is 38.5. The molecular weight excluding hydrogens is 645 g/mol. The summed E-state index contributed by atoms with van der Waals surface area (Å²) in [5, 5.41) is 11.2. The highest BCUT2D eigenvalue weighted by molar-refractivity contribution is 7.93. The molecule has 3 aromatic rings. The number of aryl methyl sites for hydroxylation is 1. The van der Waals surface area contributed by atoms with Gasteiger partial charge in [0, 0.05) is 33.6 Å². The average molecular weight is 705 g/mol. The average Bonchev–Trinajstić information content (AvgIpc) is 2.94. The molecule has 0 amide bonds. The molecular formula is C43H60O6S. The second-order valence-electron chi connectivity index (χ2n) is 18.8. The number of esters is 2. The minimum Gasteiger partial charge on any atom is -0.507 e. The third kappa shape index (κ3) is 8.95. The molecule has 0 bridgehead atoms. The lowest BCUT2D eigenvalue weighted by Crippen LogP contribution is -2.22. The predicted molar refractivity (Wildman–Crippen MR) is 207 cm³/mol. The van der Waals surface area contributed by atoms with Gasteiger partial charge in [-0.3, -0.25) is 0 Å². The Morgan fingerprint density at radius 1 is 0.600 bits per heavy atom. The second kappa shape index (κ2) is 14.0. The fourth-order valence-corrected chi connectivity index (χ4v) is 7.07. The van der Waals surface area contributed by atoms with E-state index >= 15 is 0 Å². The van der Waals surface area contributed by atoms with Crippen molar-refractivity contribution < 1.29 is 28.7 Å². The van der Waals surface area contributed by atoms with Crippen LogP contribution in [0, 0.1) is 13.8 Å². The third-order valence-corrected chi connectivity index (χ3v) is 9.84. The van der Waals surface area contributed by atoms with Crippen LogP contribution >= 0.6 is 12.0 Å². The number of phenolic OH excluding ortho intramolecular Hbond substituents is 1. The van der Waals surface area contributed by atoms with E-state index in [1.54, 1.807) is 12.1 Å². The molecule has 0 saturated heterocycles. The van der Waals surface area contributed by atoms with Gasteiger partial charge in [-0.15, -0.1) is 0 Å². The lowest BCUT2D eigenvalue weighted by molar-refractivity contribution is 0.0469. The number of aromatic hydroxyl groups is 1. The maximum Gasteiger partial charge on any atom is 0.343 e. The lowest BCUT2D eigenvalue weighted by atomic mass is 9.78. The van der Waals surface area contributed by atoms with Crippen molar-refractivity contribution in [2.75, 3.05) is 0 Å². The molecule has 0 saturated carbocycles. The SMILES string of the molecule is Cc1cc(C(C)(C)C)c(OC(=O)c2cc(C(C)(C)C)c(O)c(C(C)(C)C)c2)c(C)c1COC(=O)c1cc(C(C)(C)C)c(SO)c(C(C)(C)C)c1. The maximum atomic E-state index is 14.0. The van der Waals surface area contributed by atoms with E-state index in [0.717, 1.165) is 38.3 Å². The van der Waals surface area contributed by atoms with Crippen molar-refractivity contribution in [3.8, 4) is 11.5 Å². The predicted octanol–water partition coefficient (Wildman–Crippen LogP) is 11.6. The van der Waals surface area contributed by atoms with Gasteiger partial charge >= 0.3 is 11.9 Å². The van der Waals surface area contributed by atoms with Crippen molar-refractivity contribution in [3.63, 3.8) is 0 Å². The quantitative estimate of drug-likeness (QED) is 0.150. The molecule has 0 aliphatic rings. The number of benzene rings is 3. The molecule has 2 N–H and O–H groups in total. The van der Waals surface area contributed by atoms with Gasteiger partial charge in [0.1, 0.15) is 18.1 Å². The van der Waals surface area contributed by atoms with Crippen LogP contribution in [0.1, 0.15) is 169 Å². The highest BCUT2D eigenvalue weighted by atomic mass is 32.2. The summed E-state index contributed by atoms with van der Waals surface area (Å²) in [4.78, 5) is 28.5. The molecule has 0 atom stereocenters. The van der Waals surface area contributed by atoms with Crippen LogP contribution in [0.3, 0.4) is 0 Å². The van der Waals surface area contributed by atoms with Crippen molar-refractivity contribution in [2.45, 2.75) is 156 Å². The number of rotatable bonds is 6. The number of carbonyl (C=O) groups is 2. The summed E-state index contributed by atoms with van der Waals surface area (Å²) >= 11 is 0.717. The molecule has 0 radical (unpaired) electrons. The fraction of sp³-hybridized carbons (Fsp3) is 0.535. The van der Waals surface area contributed by atoms with E-state index in [0.29, 0.717) is 40.0 Å². The minimum atomic E-state index is -0.521.